The maximum atomic E-state index is 14.0. The van der Waals surface area contributed by atoms with Gasteiger partial charge in [0.2, 0.25) is 0 Å². The average Bonchev–Trinajstić information content (AvgIpc) is 3.68. The number of anilines is 1. The molecular formula is C32H26F2N6O3. The van der Waals surface area contributed by atoms with Gasteiger partial charge in [-0.3, -0.25) is 19.4 Å². The average molecular weight is 581 g/mol. The number of allylic oxidation sites excluding steroid dienone is 1. The van der Waals surface area contributed by atoms with Crippen LogP contribution < -0.4 is 4.90 Å². The lowest BCUT2D eigenvalue weighted by Crippen LogP contribution is -2.45. The zero-order valence-electron chi connectivity index (χ0n) is 22.9. The molecule has 0 bridgehead atoms. The Labute approximate surface area is 245 Å². The molecule has 2 fully saturated rings. The van der Waals surface area contributed by atoms with E-state index >= 15 is 0 Å². The van der Waals surface area contributed by atoms with Gasteiger partial charge in [0.1, 0.15) is 18.2 Å². The van der Waals surface area contributed by atoms with Crippen molar-refractivity contribution in [1.82, 2.24) is 10.0 Å². The highest BCUT2D eigenvalue weighted by Gasteiger charge is 2.55. The van der Waals surface area contributed by atoms with E-state index in [4.69, 9.17) is 5.10 Å². The van der Waals surface area contributed by atoms with E-state index in [0.717, 1.165) is 46.6 Å². The van der Waals surface area contributed by atoms with Gasteiger partial charge in [0.15, 0.2) is 12.1 Å². The van der Waals surface area contributed by atoms with Crippen molar-refractivity contribution in [2.45, 2.75) is 37.4 Å². The molecule has 4 aliphatic rings. The number of nitrogens with zero attached hydrogens (tertiary/aromatic N) is 6. The molecule has 0 aromatic heterocycles. The number of imide groups is 1. The second-order valence-electron chi connectivity index (χ2n) is 11.0. The molecule has 3 amide bonds. The zero-order chi connectivity index (χ0) is 29.7. The van der Waals surface area contributed by atoms with E-state index in [9.17, 15) is 23.2 Å². The summed E-state index contributed by atoms with van der Waals surface area (Å²) in [5.41, 5.74) is 3.67. The Bertz CT molecular complexity index is 1690. The summed E-state index contributed by atoms with van der Waals surface area (Å²) in [5.74, 6) is -2.29. The van der Waals surface area contributed by atoms with Gasteiger partial charge in [-0.15, -0.1) is 0 Å². The van der Waals surface area contributed by atoms with Crippen LogP contribution in [-0.2, 0) is 14.4 Å². The minimum atomic E-state index is -1.04. The van der Waals surface area contributed by atoms with Crippen LogP contribution in [0.1, 0.15) is 36.4 Å². The molecule has 11 heteroatoms. The van der Waals surface area contributed by atoms with Crippen LogP contribution in [-0.4, -0.2) is 52.1 Å². The minimum Gasteiger partial charge on any atom is -0.271 e. The molecule has 1 saturated heterocycles. The maximum absolute atomic E-state index is 14.0. The fourth-order valence-electron chi connectivity index (χ4n) is 6.36. The molecule has 9 nitrogen and oxygen atoms in total. The molecule has 1 saturated carbocycles. The second-order valence-corrected chi connectivity index (χ2v) is 11.0. The molecular weight excluding hydrogens is 554 g/mol. The quantitative estimate of drug-likeness (QED) is 0.393. The Morgan fingerprint density at radius 1 is 0.884 bits per heavy atom. The van der Waals surface area contributed by atoms with Gasteiger partial charge in [0.05, 0.1) is 17.4 Å². The van der Waals surface area contributed by atoms with Crippen molar-refractivity contribution >= 4 is 35.2 Å². The molecule has 216 valence electrons. The van der Waals surface area contributed by atoms with E-state index in [1.165, 1.54) is 34.3 Å². The fraction of sp³-hybridized carbons (Fsp3) is 0.250. The van der Waals surface area contributed by atoms with Gasteiger partial charge in [-0.05, 0) is 78.4 Å². The predicted molar refractivity (Wildman–Crippen MR) is 153 cm³/mol. The van der Waals surface area contributed by atoms with E-state index in [1.54, 1.807) is 54.6 Å². The van der Waals surface area contributed by atoms with Crippen molar-refractivity contribution in [3.63, 3.8) is 0 Å². The molecule has 0 radical (unpaired) electrons. The number of para-hydroxylation sites is 1. The lowest BCUT2D eigenvalue weighted by atomic mass is 9.77. The number of rotatable bonds is 5. The van der Waals surface area contributed by atoms with Crippen molar-refractivity contribution in [3.05, 3.63) is 107 Å². The van der Waals surface area contributed by atoms with Gasteiger partial charge in [-0.25, -0.2) is 18.7 Å². The smallest absolute Gasteiger partial charge is 0.264 e. The second kappa shape index (κ2) is 10.6. The van der Waals surface area contributed by atoms with Gasteiger partial charge >= 0.3 is 0 Å². The number of fused-ring (bicyclic) bond motifs is 2. The first kappa shape index (κ1) is 26.8. The Morgan fingerprint density at radius 3 is 2.30 bits per heavy atom. The third kappa shape index (κ3) is 4.70. The standard InChI is InChI=1S/C32H26F2N6O3/c33-22-13-9-19(10-14-22)17-21-5-4-8-25-27(21)36-40(29(25)20-11-15-23(34)16-12-20)26(41)18-38-30-28(35-37-38)31(42)39(32(30)43)24-6-2-1-3-7-24/h1-3,6-7,9-17,25,28-30H,4-5,8,18H2/b21-17+/t25-,28-,29-,30-/m1/s1. The van der Waals surface area contributed by atoms with Crippen molar-refractivity contribution in [2.75, 3.05) is 11.4 Å². The number of amides is 3. The summed E-state index contributed by atoms with van der Waals surface area (Å²) in [6, 6.07) is 18.2. The first-order chi connectivity index (χ1) is 20.9. The molecule has 0 unspecified atom stereocenters. The number of carbonyl (C=O) groups excluding carboxylic acids is 3. The summed E-state index contributed by atoms with van der Waals surface area (Å²) in [7, 11) is 0. The molecule has 7 rings (SSSR count). The minimum absolute atomic E-state index is 0.147. The highest BCUT2D eigenvalue weighted by atomic mass is 19.1. The molecule has 3 aromatic rings. The van der Waals surface area contributed by atoms with E-state index in [2.05, 4.69) is 10.3 Å². The van der Waals surface area contributed by atoms with E-state index in [0.29, 0.717) is 5.69 Å². The largest absolute Gasteiger partial charge is 0.271 e. The molecule has 3 aromatic carbocycles. The number of hydrazone groups is 1. The Kier molecular flexibility index (Phi) is 6.64. The summed E-state index contributed by atoms with van der Waals surface area (Å²) in [4.78, 5) is 41.5. The number of hydrogen-bond donors (Lipinski definition) is 0. The topological polar surface area (TPSA) is 98.0 Å². The number of hydrogen-bond acceptors (Lipinski definition) is 7. The molecule has 0 spiro atoms. The Hall–Kier alpha value is -5.06. The van der Waals surface area contributed by atoms with Gasteiger partial charge < -0.3 is 0 Å². The van der Waals surface area contributed by atoms with Crippen LogP contribution in [0.5, 0.6) is 0 Å². The van der Waals surface area contributed by atoms with Gasteiger partial charge in [-0.2, -0.15) is 10.2 Å². The molecule has 0 N–H and O–H groups in total. The Morgan fingerprint density at radius 2 is 1.58 bits per heavy atom. The van der Waals surface area contributed by atoms with Crippen LogP contribution in [0.4, 0.5) is 14.5 Å². The van der Waals surface area contributed by atoms with Gasteiger partial charge in [0, 0.05) is 5.92 Å². The third-order valence-corrected chi connectivity index (χ3v) is 8.35. The van der Waals surface area contributed by atoms with E-state index < -0.39 is 41.7 Å². The number of benzene rings is 3. The molecule has 3 aliphatic heterocycles. The molecule has 43 heavy (non-hydrogen) atoms. The SMILES string of the molecule is O=C1[C@@H]2N=NN(CC(=O)N3N=C4/C(=C/c5ccc(F)cc5)CCC[C@H]4[C@H]3c3ccc(F)cc3)[C@H]2C(=O)N1c1ccccc1. The van der Waals surface area contributed by atoms with Crippen LogP contribution in [0.25, 0.3) is 6.08 Å². The molecule has 4 atom stereocenters. The monoisotopic (exact) mass is 580 g/mol. The van der Waals surface area contributed by atoms with Crippen LogP contribution in [0, 0.1) is 17.6 Å². The number of carbonyl (C=O) groups is 3. The van der Waals surface area contributed by atoms with Gasteiger partial charge in [0.25, 0.3) is 17.7 Å². The van der Waals surface area contributed by atoms with Crippen molar-refractivity contribution in [2.24, 2.45) is 21.4 Å². The summed E-state index contributed by atoms with van der Waals surface area (Å²) in [6.45, 7) is -0.329. The van der Waals surface area contributed by atoms with Gasteiger partial charge in [-0.1, -0.05) is 47.7 Å². The van der Waals surface area contributed by atoms with Crippen molar-refractivity contribution in [1.29, 1.82) is 0 Å². The van der Waals surface area contributed by atoms with Crippen molar-refractivity contribution in [3.8, 4) is 0 Å². The third-order valence-electron chi connectivity index (χ3n) is 8.35. The molecule has 3 heterocycles. The Balaban J connectivity index is 1.19. The highest BCUT2D eigenvalue weighted by molar-refractivity contribution is 6.25. The normalized spacial score (nSPS) is 25.4. The first-order valence-electron chi connectivity index (χ1n) is 14.1. The van der Waals surface area contributed by atoms with Crippen LogP contribution in [0.15, 0.2) is 99.9 Å². The fourth-order valence-corrected chi connectivity index (χ4v) is 6.36. The zero-order valence-corrected chi connectivity index (χ0v) is 22.9. The number of halogens is 2. The maximum Gasteiger partial charge on any atom is 0.264 e. The van der Waals surface area contributed by atoms with Crippen molar-refractivity contribution < 1.29 is 23.2 Å². The van der Waals surface area contributed by atoms with Crippen LogP contribution >= 0.6 is 0 Å². The van der Waals surface area contributed by atoms with Crippen LogP contribution in [0.3, 0.4) is 0 Å². The predicted octanol–water partition coefficient (Wildman–Crippen LogP) is 5.08. The lowest BCUT2D eigenvalue weighted by Gasteiger charge is -2.30. The summed E-state index contributed by atoms with van der Waals surface area (Å²) in [5, 5.41) is 15.6. The summed E-state index contributed by atoms with van der Waals surface area (Å²) in [6.07, 6.45) is 4.31. The van der Waals surface area contributed by atoms with Crippen LogP contribution in [0.2, 0.25) is 0 Å². The molecule has 1 aliphatic carbocycles. The van der Waals surface area contributed by atoms with E-state index in [-0.39, 0.29) is 18.3 Å². The summed E-state index contributed by atoms with van der Waals surface area (Å²) >= 11 is 0. The lowest BCUT2D eigenvalue weighted by molar-refractivity contribution is -0.136. The summed E-state index contributed by atoms with van der Waals surface area (Å²) < 4.78 is 27.4. The highest BCUT2D eigenvalue weighted by Crippen LogP contribution is 2.45. The van der Waals surface area contributed by atoms with E-state index in [1.807, 2.05) is 6.08 Å². The first-order valence-corrected chi connectivity index (χ1v) is 14.1.